The molecule has 0 heterocycles. The van der Waals surface area contributed by atoms with Crippen LogP contribution in [-0.4, -0.2) is 19.2 Å². The van der Waals surface area contributed by atoms with E-state index in [2.05, 4.69) is 6.92 Å². The van der Waals surface area contributed by atoms with Crippen molar-refractivity contribution in [3.05, 3.63) is 11.8 Å². The minimum absolute atomic E-state index is 0.271. The van der Waals surface area contributed by atoms with Crippen molar-refractivity contribution >= 4 is 5.97 Å². The number of esters is 1. The molecule has 100 valence electrons. The summed E-state index contributed by atoms with van der Waals surface area (Å²) in [6, 6.07) is 0. The second-order valence-corrected chi connectivity index (χ2v) is 4.16. The Morgan fingerprint density at radius 1 is 1.06 bits per heavy atom. The zero-order valence-corrected chi connectivity index (χ0v) is 11.5. The number of ether oxygens (including phenoxy) is 2. The Bertz CT molecular complexity index is 222. The molecule has 0 saturated heterocycles. The smallest absolute Gasteiger partial charge is 0.336 e. The van der Waals surface area contributed by atoms with Gasteiger partial charge in [0, 0.05) is 0 Å². The van der Waals surface area contributed by atoms with Crippen LogP contribution in [0.1, 0.15) is 59.3 Å². The van der Waals surface area contributed by atoms with Gasteiger partial charge in [-0.1, -0.05) is 39.0 Å². The highest BCUT2D eigenvalue weighted by atomic mass is 16.5. The molecule has 3 nitrogen and oxygen atoms in total. The van der Waals surface area contributed by atoms with Gasteiger partial charge in [0.05, 0.1) is 25.0 Å². The molecule has 0 aromatic carbocycles. The Morgan fingerprint density at radius 2 is 1.71 bits per heavy atom. The monoisotopic (exact) mass is 242 g/mol. The van der Waals surface area contributed by atoms with E-state index < -0.39 is 0 Å². The Labute approximate surface area is 105 Å². The summed E-state index contributed by atoms with van der Waals surface area (Å²) in [6.45, 7) is 6.88. The van der Waals surface area contributed by atoms with Crippen LogP contribution in [0.3, 0.4) is 0 Å². The van der Waals surface area contributed by atoms with Crippen molar-refractivity contribution < 1.29 is 14.3 Å². The fourth-order valence-corrected chi connectivity index (χ4v) is 1.42. The topological polar surface area (TPSA) is 35.5 Å². The summed E-state index contributed by atoms with van der Waals surface area (Å²) < 4.78 is 10.1. The van der Waals surface area contributed by atoms with Gasteiger partial charge in [0.2, 0.25) is 0 Å². The maximum absolute atomic E-state index is 11.4. The van der Waals surface area contributed by atoms with E-state index >= 15 is 0 Å². The van der Waals surface area contributed by atoms with Crippen LogP contribution in [0, 0.1) is 0 Å². The maximum atomic E-state index is 11.4. The number of carbonyl (C=O) groups is 1. The molecule has 0 aliphatic heterocycles. The molecule has 0 spiro atoms. The average Bonchev–Trinajstić information content (AvgIpc) is 2.34. The minimum atomic E-state index is -0.271. The van der Waals surface area contributed by atoms with E-state index in [0.29, 0.717) is 18.8 Å². The zero-order valence-electron chi connectivity index (χ0n) is 11.5. The van der Waals surface area contributed by atoms with Gasteiger partial charge >= 0.3 is 5.97 Å². The van der Waals surface area contributed by atoms with E-state index in [1.165, 1.54) is 31.9 Å². The van der Waals surface area contributed by atoms with E-state index in [1.807, 2.05) is 6.92 Å². The maximum Gasteiger partial charge on any atom is 0.336 e. The SMILES string of the molecule is CCCCCCCCOC(=O)/C(C)=C\OCC. The quantitative estimate of drug-likeness (QED) is 0.253. The summed E-state index contributed by atoms with van der Waals surface area (Å²) >= 11 is 0. The molecular formula is C14H26O3. The van der Waals surface area contributed by atoms with Crippen LogP contribution >= 0.6 is 0 Å². The first-order valence-electron chi connectivity index (χ1n) is 6.67. The summed E-state index contributed by atoms with van der Waals surface area (Å²) in [5.74, 6) is -0.271. The summed E-state index contributed by atoms with van der Waals surface area (Å²) in [7, 11) is 0. The lowest BCUT2D eigenvalue weighted by Crippen LogP contribution is -2.07. The van der Waals surface area contributed by atoms with Crippen LogP contribution in [0.25, 0.3) is 0 Å². The van der Waals surface area contributed by atoms with Gasteiger partial charge in [-0.3, -0.25) is 0 Å². The van der Waals surface area contributed by atoms with Crippen molar-refractivity contribution in [1.82, 2.24) is 0 Å². The fourth-order valence-electron chi connectivity index (χ4n) is 1.42. The van der Waals surface area contributed by atoms with E-state index in [0.717, 1.165) is 12.8 Å². The lowest BCUT2D eigenvalue weighted by atomic mass is 10.1. The summed E-state index contributed by atoms with van der Waals surface area (Å²) in [5, 5.41) is 0. The molecule has 0 fully saturated rings. The lowest BCUT2D eigenvalue weighted by Gasteiger charge is -2.05. The second kappa shape index (κ2) is 11.5. The van der Waals surface area contributed by atoms with Gasteiger partial charge in [-0.2, -0.15) is 0 Å². The van der Waals surface area contributed by atoms with Crippen LogP contribution < -0.4 is 0 Å². The van der Waals surface area contributed by atoms with Crippen molar-refractivity contribution in [2.24, 2.45) is 0 Å². The Balaban J connectivity index is 3.44. The molecule has 0 bridgehead atoms. The van der Waals surface area contributed by atoms with Crippen molar-refractivity contribution in [3.63, 3.8) is 0 Å². The van der Waals surface area contributed by atoms with Crippen LogP contribution in [0.5, 0.6) is 0 Å². The van der Waals surface area contributed by atoms with Gasteiger partial charge in [0.25, 0.3) is 0 Å². The van der Waals surface area contributed by atoms with Gasteiger partial charge < -0.3 is 9.47 Å². The minimum Gasteiger partial charge on any atom is -0.501 e. The molecule has 0 N–H and O–H groups in total. The van der Waals surface area contributed by atoms with Crippen molar-refractivity contribution in [1.29, 1.82) is 0 Å². The molecule has 0 rings (SSSR count). The first-order chi connectivity index (χ1) is 8.22. The average molecular weight is 242 g/mol. The highest BCUT2D eigenvalue weighted by Gasteiger charge is 2.05. The molecule has 3 heteroatoms. The van der Waals surface area contributed by atoms with Gasteiger partial charge in [-0.05, 0) is 20.3 Å². The predicted molar refractivity (Wildman–Crippen MR) is 69.7 cm³/mol. The van der Waals surface area contributed by atoms with Crippen LogP contribution in [0.4, 0.5) is 0 Å². The normalized spacial score (nSPS) is 11.4. The molecule has 0 aromatic rings. The van der Waals surface area contributed by atoms with E-state index in [-0.39, 0.29) is 5.97 Å². The zero-order chi connectivity index (χ0) is 12.9. The largest absolute Gasteiger partial charge is 0.501 e. The van der Waals surface area contributed by atoms with Crippen molar-refractivity contribution in [2.75, 3.05) is 13.2 Å². The molecule has 0 atom stereocenters. The summed E-state index contributed by atoms with van der Waals surface area (Å²) in [5.41, 5.74) is 0.526. The standard InChI is InChI=1S/C14H26O3/c1-4-6-7-8-9-10-11-17-14(15)13(3)12-16-5-2/h12H,4-11H2,1-3H3/b13-12-. The van der Waals surface area contributed by atoms with Crippen LogP contribution in [0.15, 0.2) is 11.8 Å². The number of rotatable bonds is 10. The molecule has 0 radical (unpaired) electrons. The lowest BCUT2D eigenvalue weighted by molar-refractivity contribution is -0.139. The molecule has 0 aromatic heterocycles. The first-order valence-corrected chi connectivity index (χ1v) is 6.67. The third-order valence-corrected chi connectivity index (χ3v) is 2.48. The van der Waals surface area contributed by atoms with Crippen LogP contribution in [0.2, 0.25) is 0 Å². The van der Waals surface area contributed by atoms with E-state index in [9.17, 15) is 4.79 Å². The molecule has 0 amide bonds. The second-order valence-electron chi connectivity index (χ2n) is 4.16. The Hall–Kier alpha value is -0.990. The molecule has 0 aliphatic carbocycles. The summed E-state index contributed by atoms with van der Waals surface area (Å²) in [6.07, 6.45) is 8.64. The van der Waals surface area contributed by atoms with E-state index in [1.54, 1.807) is 6.92 Å². The van der Waals surface area contributed by atoms with Crippen LogP contribution in [-0.2, 0) is 14.3 Å². The molecule has 0 aliphatic rings. The molecule has 0 unspecified atom stereocenters. The van der Waals surface area contributed by atoms with E-state index in [4.69, 9.17) is 9.47 Å². The number of hydrogen-bond donors (Lipinski definition) is 0. The highest BCUT2D eigenvalue weighted by Crippen LogP contribution is 2.05. The van der Waals surface area contributed by atoms with Gasteiger partial charge in [0.1, 0.15) is 0 Å². The number of carbonyl (C=O) groups excluding carboxylic acids is 1. The van der Waals surface area contributed by atoms with Gasteiger partial charge in [-0.15, -0.1) is 0 Å². The molecule has 17 heavy (non-hydrogen) atoms. The number of unbranched alkanes of at least 4 members (excludes halogenated alkanes) is 5. The molecular weight excluding hydrogens is 216 g/mol. The summed E-state index contributed by atoms with van der Waals surface area (Å²) in [4.78, 5) is 11.4. The van der Waals surface area contributed by atoms with Crippen molar-refractivity contribution in [3.8, 4) is 0 Å². The van der Waals surface area contributed by atoms with Crippen molar-refractivity contribution in [2.45, 2.75) is 59.3 Å². The third-order valence-electron chi connectivity index (χ3n) is 2.48. The number of hydrogen-bond acceptors (Lipinski definition) is 3. The highest BCUT2D eigenvalue weighted by molar-refractivity contribution is 5.87. The Morgan fingerprint density at radius 3 is 2.35 bits per heavy atom. The fraction of sp³-hybridized carbons (Fsp3) is 0.786. The third kappa shape index (κ3) is 9.91. The molecule has 0 saturated carbocycles. The van der Waals surface area contributed by atoms with Gasteiger partial charge in [-0.25, -0.2) is 4.79 Å². The van der Waals surface area contributed by atoms with Gasteiger partial charge in [0.15, 0.2) is 0 Å². The predicted octanol–water partition coefficient (Wildman–Crippen LogP) is 3.83. The Kier molecular flexibility index (Phi) is 10.8. The first kappa shape index (κ1) is 16.0.